The minimum atomic E-state index is -4.81. The van der Waals surface area contributed by atoms with Crippen LogP contribution in [0.2, 0.25) is 5.02 Å². The molecule has 2 aliphatic heterocycles. The Morgan fingerprint density at radius 1 is 1.06 bits per heavy atom. The van der Waals surface area contributed by atoms with E-state index < -0.39 is 29.8 Å². The number of benzene rings is 1. The van der Waals surface area contributed by atoms with Crippen molar-refractivity contribution in [2.75, 3.05) is 64.4 Å². The highest BCUT2D eigenvalue weighted by Gasteiger charge is 2.41. The van der Waals surface area contributed by atoms with Crippen molar-refractivity contribution in [2.24, 2.45) is 13.0 Å². The number of aliphatic hydroxyl groups is 1. The summed E-state index contributed by atoms with van der Waals surface area (Å²) < 4.78 is 43.9. The molecule has 5 N–H and O–H groups in total. The molecule has 2 saturated heterocycles. The summed E-state index contributed by atoms with van der Waals surface area (Å²) in [5.41, 5.74) is 4.90. The zero-order valence-corrected chi connectivity index (χ0v) is 28.8. The number of aromatic nitrogens is 5. The molecule has 2 aliphatic rings. The number of carbonyl (C=O) groups is 3. The molecule has 0 aliphatic carbocycles. The van der Waals surface area contributed by atoms with Gasteiger partial charge in [0, 0.05) is 45.3 Å². The summed E-state index contributed by atoms with van der Waals surface area (Å²) in [6.45, 7) is 2.52. The molecular formula is C33H37ClF3N10O4+. The van der Waals surface area contributed by atoms with Crippen LogP contribution in [0.3, 0.4) is 0 Å². The quantitative estimate of drug-likeness (QED) is 0.219. The fraction of sp³-hybridized carbons (Fsp3) is 0.394. The Morgan fingerprint density at radius 2 is 1.76 bits per heavy atom. The number of piperidine rings is 1. The lowest BCUT2D eigenvalue weighted by molar-refractivity contribution is -0.899. The second kappa shape index (κ2) is 13.6. The van der Waals surface area contributed by atoms with Crippen LogP contribution < -0.4 is 11.1 Å². The van der Waals surface area contributed by atoms with E-state index in [0.717, 1.165) is 12.7 Å². The number of rotatable bonds is 6. The second-order valence-electron chi connectivity index (χ2n) is 13.4. The van der Waals surface area contributed by atoms with Crippen LogP contribution in [-0.4, -0.2) is 121 Å². The molecule has 2 atom stereocenters. The van der Waals surface area contributed by atoms with Gasteiger partial charge in [-0.05, 0) is 30.3 Å². The number of imidazole rings is 1. The molecule has 3 aromatic heterocycles. The normalized spacial score (nSPS) is 19.2. The number of nitrogens with one attached hydrogen (secondary N) is 2. The number of likely N-dealkylation sites (tertiary alicyclic amines) is 1. The number of hydrogen-bond acceptors (Lipinski definition) is 8. The van der Waals surface area contributed by atoms with Crippen molar-refractivity contribution in [3.05, 3.63) is 64.8 Å². The number of aromatic amines is 1. The van der Waals surface area contributed by atoms with Gasteiger partial charge in [0.1, 0.15) is 24.0 Å². The largest absolute Gasteiger partial charge is 0.433 e. The van der Waals surface area contributed by atoms with Crippen LogP contribution >= 0.6 is 11.6 Å². The number of H-pyrrole nitrogens is 1. The summed E-state index contributed by atoms with van der Waals surface area (Å²) in [5, 5.41) is 19.2. The van der Waals surface area contributed by atoms with E-state index in [4.69, 9.17) is 17.3 Å². The Kier molecular flexibility index (Phi) is 9.56. The van der Waals surface area contributed by atoms with Gasteiger partial charge in [-0.15, -0.1) is 0 Å². The summed E-state index contributed by atoms with van der Waals surface area (Å²) in [4.78, 5) is 51.3. The standard InChI is InChI=1S/C33H36ClF3N10O4/c1-44-24(26-27(23-7-4-18(38)15-39-23)42-43-28(26)33(35,36)37)16-40-29(44)30(49)41-19-5-6-20(22(34)14-19)31(50)45-9-11-46(12-10-45)32(51)21-8-13-47(2,3)17-25(21)48/h4-7,14-16,21,25,48H,8-13,17H2,1-3H3,(H3-,38,39,40,41,42,43,49,50)/p+1/t21-,25+/m1/s1. The maximum absolute atomic E-state index is 14.0. The molecule has 270 valence electrons. The minimum Gasteiger partial charge on any atom is -0.397 e. The van der Waals surface area contributed by atoms with Crippen LogP contribution in [0.1, 0.15) is 33.1 Å². The van der Waals surface area contributed by atoms with Gasteiger partial charge in [-0.1, -0.05) is 11.6 Å². The molecule has 4 aromatic rings. The molecule has 0 saturated carbocycles. The number of quaternary nitrogens is 1. The summed E-state index contributed by atoms with van der Waals surface area (Å²) in [6.07, 6.45) is -2.51. The molecule has 3 amide bonds. The van der Waals surface area contributed by atoms with Gasteiger partial charge in [0.15, 0.2) is 5.82 Å². The predicted octanol–water partition coefficient (Wildman–Crippen LogP) is 3.12. The van der Waals surface area contributed by atoms with Gasteiger partial charge in [0.25, 0.3) is 11.8 Å². The van der Waals surface area contributed by atoms with Gasteiger partial charge in [-0.3, -0.25) is 24.5 Å². The minimum absolute atomic E-state index is 0.0475. The molecule has 18 heteroatoms. The third-order valence-corrected chi connectivity index (χ3v) is 9.68. The Labute approximate surface area is 295 Å². The first-order valence-electron chi connectivity index (χ1n) is 16.1. The number of carbonyl (C=O) groups excluding carboxylic acids is 3. The van der Waals surface area contributed by atoms with Crippen molar-refractivity contribution in [3.63, 3.8) is 0 Å². The van der Waals surface area contributed by atoms with E-state index in [0.29, 0.717) is 36.2 Å². The lowest BCUT2D eigenvalue weighted by Crippen LogP contribution is -2.58. The van der Waals surface area contributed by atoms with Crippen LogP contribution in [0.5, 0.6) is 0 Å². The first-order valence-corrected chi connectivity index (χ1v) is 16.5. The lowest BCUT2D eigenvalue weighted by Gasteiger charge is -2.42. The molecule has 0 spiro atoms. The fourth-order valence-electron chi connectivity index (χ4n) is 6.56. The average Bonchev–Trinajstić information content (AvgIpc) is 3.68. The number of nitrogens with two attached hydrogens (primary N) is 1. The van der Waals surface area contributed by atoms with Crippen LogP contribution in [-0.2, 0) is 18.0 Å². The first-order chi connectivity index (χ1) is 24.0. The SMILES string of the molecule is Cn1c(-c2c(-c3ccc(N)cn3)n[nH]c2C(F)(F)F)cnc1C(=O)Nc1ccc(C(=O)N2CCN(C(=O)[C@@H]3CC[N+](C)(C)C[C@@H]3O)CC2)c(Cl)c1. The Morgan fingerprint density at radius 3 is 2.39 bits per heavy atom. The molecular weight excluding hydrogens is 693 g/mol. The molecule has 0 bridgehead atoms. The molecule has 0 radical (unpaired) electrons. The van der Waals surface area contributed by atoms with E-state index in [-0.39, 0.29) is 69.6 Å². The predicted molar refractivity (Wildman–Crippen MR) is 181 cm³/mol. The maximum atomic E-state index is 14.0. The number of amides is 3. The molecule has 51 heavy (non-hydrogen) atoms. The zero-order valence-electron chi connectivity index (χ0n) is 28.0. The van der Waals surface area contributed by atoms with Crippen molar-refractivity contribution in [1.29, 1.82) is 0 Å². The molecule has 0 unspecified atom stereocenters. The zero-order chi connectivity index (χ0) is 36.8. The van der Waals surface area contributed by atoms with Crippen molar-refractivity contribution < 1.29 is 37.1 Å². The van der Waals surface area contributed by atoms with Gasteiger partial charge in [0.2, 0.25) is 5.91 Å². The topological polar surface area (TPSA) is 175 Å². The second-order valence-corrected chi connectivity index (χ2v) is 13.8. The van der Waals surface area contributed by atoms with Crippen molar-refractivity contribution in [3.8, 4) is 22.6 Å². The van der Waals surface area contributed by atoms with Gasteiger partial charge in [-0.2, -0.15) is 18.3 Å². The molecule has 5 heterocycles. The van der Waals surface area contributed by atoms with E-state index >= 15 is 0 Å². The van der Waals surface area contributed by atoms with Crippen LogP contribution in [0, 0.1) is 5.92 Å². The number of halogens is 4. The fourth-order valence-corrected chi connectivity index (χ4v) is 6.82. The third-order valence-electron chi connectivity index (χ3n) is 9.37. The number of hydrogen-bond donors (Lipinski definition) is 4. The molecule has 14 nitrogen and oxygen atoms in total. The highest BCUT2D eigenvalue weighted by Crippen LogP contribution is 2.41. The van der Waals surface area contributed by atoms with Gasteiger partial charge in [0.05, 0.1) is 72.2 Å². The number of aliphatic hydroxyl groups excluding tert-OH is 1. The number of alkyl halides is 3. The number of piperazine rings is 1. The van der Waals surface area contributed by atoms with E-state index in [1.807, 2.05) is 19.2 Å². The number of pyridine rings is 1. The maximum Gasteiger partial charge on any atom is 0.433 e. The van der Waals surface area contributed by atoms with Crippen molar-refractivity contribution >= 4 is 40.7 Å². The summed E-state index contributed by atoms with van der Waals surface area (Å²) >= 11 is 6.50. The monoisotopic (exact) mass is 729 g/mol. The summed E-state index contributed by atoms with van der Waals surface area (Å²) in [6, 6.07) is 7.25. The Hall–Kier alpha value is -5.00. The van der Waals surface area contributed by atoms with E-state index in [1.165, 1.54) is 48.1 Å². The van der Waals surface area contributed by atoms with E-state index in [9.17, 15) is 32.7 Å². The summed E-state index contributed by atoms with van der Waals surface area (Å²) in [5.74, 6) is -1.85. The number of anilines is 2. The molecule has 6 rings (SSSR count). The first kappa shape index (κ1) is 35.8. The number of likely N-dealkylation sites (N-methyl/N-ethyl adjacent to an activating group) is 1. The van der Waals surface area contributed by atoms with Crippen LogP contribution in [0.15, 0.2) is 42.7 Å². The highest BCUT2D eigenvalue weighted by molar-refractivity contribution is 6.34. The molecule has 1 aromatic carbocycles. The Bertz CT molecular complexity index is 1970. The van der Waals surface area contributed by atoms with Gasteiger partial charge >= 0.3 is 6.18 Å². The number of nitrogen functional groups attached to an aromatic ring is 1. The average molecular weight is 730 g/mol. The molecule has 2 fully saturated rings. The number of nitrogens with zero attached hydrogens (tertiary/aromatic N) is 7. The van der Waals surface area contributed by atoms with E-state index in [1.54, 1.807) is 9.80 Å². The Balaban J connectivity index is 1.13. The summed E-state index contributed by atoms with van der Waals surface area (Å²) in [7, 11) is 5.44. The van der Waals surface area contributed by atoms with Crippen molar-refractivity contribution in [2.45, 2.75) is 18.7 Å². The highest BCUT2D eigenvalue weighted by atomic mass is 35.5. The van der Waals surface area contributed by atoms with Gasteiger partial charge < -0.3 is 35.0 Å². The smallest absolute Gasteiger partial charge is 0.397 e. The third kappa shape index (κ3) is 7.27. The van der Waals surface area contributed by atoms with Crippen LogP contribution in [0.4, 0.5) is 24.5 Å². The lowest BCUT2D eigenvalue weighted by atomic mass is 9.91. The van der Waals surface area contributed by atoms with E-state index in [2.05, 4.69) is 20.4 Å². The van der Waals surface area contributed by atoms with Crippen molar-refractivity contribution in [1.82, 2.24) is 34.5 Å². The van der Waals surface area contributed by atoms with Crippen LogP contribution in [0.25, 0.3) is 22.6 Å². The van der Waals surface area contributed by atoms with Gasteiger partial charge in [-0.25, -0.2) is 4.98 Å².